The number of esters is 2. The van der Waals surface area contributed by atoms with Crippen LogP contribution in [0.2, 0.25) is 0 Å². The van der Waals surface area contributed by atoms with Gasteiger partial charge in [-0.05, 0) is 26.0 Å². The Labute approximate surface area is 132 Å². The van der Waals surface area contributed by atoms with Gasteiger partial charge in [-0.25, -0.2) is 9.18 Å². The molecule has 6 nitrogen and oxygen atoms in total. The van der Waals surface area contributed by atoms with Crippen LogP contribution < -0.4 is 0 Å². The maximum Gasteiger partial charge on any atom is 0.343 e. The third-order valence-corrected chi connectivity index (χ3v) is 3.06. The minimum Gasteiger partial charge on any atom is -0.462 e. The van der Waals surface area contributed by atoms with Gasteiger partial charge in [-0.15, -0.1) is 0 Å². The van der Waals surface area contributed by atoms with Gasteiger partial charge in [0.1, 0.15) is 11.4 Å². The van der Waals surface area contributed by atoms with Crippen molar-refractivity contribution >= 4 is 11.9 Å². The molecule has 1 unspecified atom stereocenters. The van der Waals surface area contributed by atoms with Gasteiger partial charge in [0.2, 0.25) is 0 Å². The van der Waals surface area contributed by atoms with E-state index in [1.165, 1.54) is 31.2 Å². The Morgan fingerprint density at radius 1 is 1.30 bits per heavy atom. The molecule has 2 aromatic rings. The number of aryl methyl sites for hydroxylation is 1. The van der Waals surface area contributed by atoms with Crippen molar-refractivity contribution in [3.8, 4) is 0 Å². The number of hydrogen-bond donors (Lipinski definition) is 0. The predicted octanol–water partition coefficient (Wildman–Crippen LogP) is 2.95. The van der Waals surface area contributed by atoms with Crippen molar-refractivity contribution in [1.82, 2.24) is 5.16 Å². The van der Waals surface area contributed by atoms with Crippen molar-refractivity contribution in [2.75, 3.05) is 6.61 Å². The van der Waals surface area contributed by atoms with E-state index in [4.69, 9.17) is 14.0 Å². The van der Waals surface area contributed by atoms with E-state index < -0.39 is 23.9 Å². The first-order valence-electron chi connectivity index (χ1n) is 7.00. The van der Waals surface area contributed by atoms with Crippen LogP contribution in [-0.2, 0) is 14.3 Å². The van der Waals surface area contributed by atoms with Gasteiger partial charge in [-0.2, -0.15) is 0 Å². The Morgan fingerprint density at radius 3 is 2.52 bits per heavy atom. The Kier molecular flexibility index (Phi) is 5.10. The quantitative estimate of drug-likeness (QED) is 0.788. The van der Waals surface area contributed by atoms with Crippen LogP contribution in [0.1, 0.15) is 47.3 Å². The van der Waals surface area contributed by atoms with Crippen LogP contribution in [0.15, 0.2) is 28.8 Å². The second-order valence-electron chi connectivity index (χ2n) is 4.77. The summed E-state index contributed by atoms with van der Waals surface area (Å²) in [6, 6.07) is 5.32. The lowest BCUT2D eigenvalue weighted by Gasteiger charge is -2.16. The van der Waals surface area contributed by atoms with Gasteiger partial charge in [0.05, 0.1) is 12.3 Å². The number of nitrogens with zero attached hydrogens (tertiary/aromatic N) is 1. The second kappa shape index (κ2) is 7.04. The second-order valence-corrected chi connectivity index (χ2v) is 4.77. The highest BCUT2D eigenvalue weighted by Crippen LogP contribution is 2.31. The summed E-state index contributed by atoms with van der Waals surface area (Å²) in [5.41, 5.74) is 0.864. The molecule has 2 rings (SSSR count). The average molecular weight is 321 g/mol. The molecule has 0 N–H and O–H groups in total. The molecule has 122 valence electrons. The van der Waals surface area contributed by atoms with Gasteiger partial charge in [0.25, 0.3) is 0 Å². The summed E-state index contributed by atoms with van der Waals surface area (Å²) in [6.45, 7) is 4.65. The first-order valence-corrected chi connectivity index (χ1v) is 7.00. The maximum absolute atomic E-state index is 13.1. The molecule has 0 saturated heterocycles. The first kappa shape index (κ1) is 16.7. The molecule has 7 heteroatoms. The van der Waals surface area contributed by atoms with E-state index in [0.29, 0.717) is 11.3 Å². The largest absolute Gasteiger partial charge is 0.462 e. The zero-order valence-electron chi connectivity index (χ0n) is 13.0. The highest BCUT2D eigenvalue weighted by molar-refractivity contribution is 5.92. The number of halogens is 1. The lowest BCUT2D eigenvalue weighted by molar-refractivity contribution is -0.145. The van der Waals surface area contributed by atoms with Crippen LogP contribution in [0.4, 0.5) is 4.39 Å². The highest BCUT2D eigenvalue weighted by atomic mass is 19.1. The van der Waals surface area contributed by atoms with E-state index in [1.807, 2.05) is 0 Å². The number of carbonyl (C=O) groups is 2. The number of rotatable bonds is 5. The summed E-state index contributed by atoms with van der Waals surface area (Å²) in [7, 11) is 0. The fourth-order valence-corrected chi connectivity index (χ4v) is 2.09. The molecule has 1 aromatic carbocycles. The molecule has 1 aromatic heterocycles. The molecule has 0 radical (unpaired) electrons. The van der Waals surface area contributed by atoms with Crippen molar-refractivity contribution in [2.24, 2.45) is 0 Å². The molecule has 0 bridgehead atoms. The van der Waals surface area contributed by atoms with Crippen molar-refractivity contribution in [3.05, 3.63) is 52.7 Å². The fraction of sp³-hybridized carbons (Fsp3) is 0.312. The summed E-state index contributed by atoms with van der Waals surface area (Å²) >= 11 is 0. The lowest BCUT2D eigenvalue weighted by atomic mass is 10.0. The first-order chi connectivity index (χ1) is 10.9. The molecule has 0 aliphatic heterocycles. The standard InChI is InChI=1S/C16H16FNO5/c1-4-21-16(20)13-9(2)18-23-15(13)14(22-10(3)19)11-5-7-12(17)8-6-11/h5-8,14H,4H2,1-3H3. The molecule has 0 fully saturated rings. The van der Waals surface area contributed by atoms with Crippen molar-refractivity contribution in [2.45, 2.75) is 26.9 Å². The summed E-state index contributed by atoms with van der Waals surface area (Å²) in [4.78, 5) is 23.5. The molecule has 1 atom stereocenters. The SMILES string of the molecule is CCOC(=O)c1c(C)noc1C(OC(C)=O)c1ccc(F)cc1. The van der Waals surface area contributed by atoms with E-state index in [9.17, 15) is 14.0 Å². The summed E-state index contributed by atoms with van der Waals surface area (Å²) < 4.78 is 28.5. The van der Waals surface area contributed by atoms with Crippen LogP contribution in [0.25, 0.3) is 0 Å². The number of carbonyl (C=O) groups excluding carboxylic acids is 2. The van der Waals surface area contributed by atoms with E-state index in [-0.39, 0.29) is 17.9 Å². The zero-order chi connectivity index (χ0) is 17.0. The molecule has 23 heavy (non-hydrogen) atoms. The Bertz CT molecular complexity index is 708. The van der Waals surface area contributed by atoms with E-state index in [1.54, 1.807) is 13.8 Å². The minimum absolute atomic E-state index is 0.0442. The zero-order valence-corrected chi connectivity index (χ0v) is 13.0. The topological polar surface area (TPSA) is 78.6 Å². The van der Waals surface area contributed by atoms with Gasteiger partial charge in [0.15, 0.2) is 11.9 Å². The summed E-state index contributed by atoms with van der Waals surface area (Å²) in [5, 5.41) is 3.75. The molecular formula is C16H16FNO5. The number of aromatic nitrogens is 1. The Hall–Kier alpha value is -2.70. The molecule has 0 aliphatic rings. The highest BCUT2D eigenvalue weighted by Gasteiger charge is 2.31. The van der Waals surface area contributed by atoms with Crippen LogP contribution in [-0.4, -0.2) is 23.7 Å². The van der Waals surface area contributed by atoms with Crippen molar-refractivity contribution in [1.29, 1.82) is 0 Å². The van der Waals surface area contributed by atoms with Gasteiger partial charge in [-0.3, -0.25) is 4.79 Å². The smallest absolute Gasteiger partial charge is 0.343 e. The van der Waals surface area contributed by atoms with E-state index in [0.717, 1.165) is 0 Å². The van der Waals surface area contributed by atoms with Crippen LogP contribution in [0, 0.1) is 12.7 Å². The van der Waals surface area contributed by atoms with E-state index in [2.05, 4.69) is 5.16 Å². The molecule has 0 amide bonds. The third kappa shape index (κ3) is 3.74. The van der Waals surface area contributed by atoms with Gasteiger partial charge in [-0.1, -0.05) is 17.3 Å². The molecule has 0 saturated carbocycles. The maximum atomic E-state index is 13.1. The Morgan fingerprint density at radius 2 is 1.96 bits per heavy atom. The van der Waals surface area contributed by atoms with Gasteiger partial charge < -0.3 is 14.0 Å². The minimum atomic E-state index is -1.02. The number of ether oxygens (including phenoxy) is 2. The third-order valence-electron chi connectivity index (χ3n) is 3.06. The molecule has 1 heterocycles. The summed E-state index contributed by atoms with van der Waals surface area (Å²) in [6.07, 6.45) is -1.02. The van der Waals surface area contributed by atoms with Crippen molar-refractivity contribution < 1.29 is 28.0 Å². The fourth-order valence-electron chi connectivity index (χ4n) is 2.09. The molecule has 0 spiro atoms. The van der Waals surface area contributed by atoms with Crippen LogP contribution in [0.5, 0.6) is 0 Å². The molecular weight excluding hydrogens is 305 g/mol. The lowest BCUT2D eigenvalue weighted by Crippen LogP contribution is -2.15. The number of hydrogen-bond acceptors (Lipinski definition) is 6. The summed E-state index contributed by atoms with van der Waals surface area (Å²) in [5.74, 6) is -1.60. The van der Waals surface area contributed by atoms with Gasteiger partial charge in [0, 0.05) is 12.5 Å². The van der Waals surface area contributed by atoms with Gasteiger partial charge >= 0.3 is 11.9 Å². The van der Waals surface area contributed by atoms with Crippen LogP contribution >= 0.6 is 0 Å². The van der Waals surface area contributed by atoms with E-state index >= 15 is 0 Å². The van der Waals surface area contributed by atoms with Crippen molar-refractivity contribution in [3.63, 3.8) is 0 Å². The van der Waals surface area contributed by atoms with Crippen LogP contribution in [0.3, 0.4) is 0 Å². The average Bonchev–Trinajstić information content (AvgIpc) is 2.87. The molecule has 0 aliphatic carbocycles. The monoisotopic (exact) mass is 321 g/mol. The normalized spacial score (nSPS) is 11.8. The Balaban J connectivity index is 2.50. The number of benzene rings is 1. The predicted molar refractivity (Wildman–Crippen MR) is 77.2 cm³/mol.